The standard InChI is InChI=1S/C16H10BrIN2O/c17-12-5-7-13(8-6-12)20-9-11(10-21)16(19-20)14-3-1-2-4-15(14)18/h1-10H. The van der Waals surface area contributed by atoms with Gasteiger partial charge >= 0.3 is 0 Å². The van der Waals surface area contributed by atoms with Gasteiger partial charge in [-0.1, -0.05) is 34.1 Å². The van der Waals surface area contributed by atoms with E-state index in [9.17, 15) is 4.79 Å². The van der Waals surface area contributed by atoms with E-state index in [1.165, 1.54) is 0 Å². The molecular weight excluding hydrogens is 443 g/mol. The van der Waals surface area contributed by atoms with Gasteiger partial charge in [-0.05, 0) is 52.9 Å². The fraction of sp³-hybridized carbons (Fsp3) is 0. The van der Waals surface area contributed by atoms with Crippen molar-refractivity contribution in [1.82, 2.24) is 9.78 Å². The first-order chi connectivity index (χ1) is 10.2. The summed E-state index contributed by atoms with van der Waals surface area (Å²) in [5, 5.41) is 4.58. The Morgan fingerprint density at radius 3 is 2.48 bits per heavy atom. The molecule has 0 spiro atoms. The Bertz CT molecular complexity index is 796. The number of aromatic nitrogens is 2. The molecule has 3 aromatic rings. The molecule has 0 saturated heterocycles. The Labute approximate surface area is 144 Å². The van der Waals surface area contributed by atoms with Crippen LogP contribution in [0.3, 0.4) is 0 Å². The van der Waals surface area contributed by atoms with Crippen molar-refractivity contribution in [1.29, 1.82) is 0 Å². The van der Waals surface area contributed by atoms with Gasteiger partial charge in [0.15, 0.2) is 6.29 Å². The lowest BCUT2D eigenvalue weighted by molar-refractivity contribution is 0.112. The summed E-state index contributed by atoms with van der Waals surface area (Å²) in [4.78, 5) is 11.3. The van der Waals surface area contributed by atoms with Gasteiger partial charge in [-0.25, -0.2) is 4.68 Å². The van der Waals surface area contributed by atoms with E-state index < -0.39 is 0 Å². The van der Waals surface area contributed by atoms with Crippen LogP contribution in [0.2, 0.25) is 0 Å². The van der Waals surface area contributed by atoms with Crippen LogP contribution >= 0.6 is 38.5 Å². The number of benzene rings is 2. The maximum absolute atomic E-state index is 11.3. The van der Waals surface area contributed by atoms with Crippen molar-refractivity contribution in [2.45, 2.75) is 0 Å². The van der Waals surface area contributed by atoms with Crippen molar-refractivity contribution in [2.24, 2.45) is 0 Å². The van der Waals surface area contributed by atoms with Gasteiger partial charge in [0.25, 0.3) is 0 Å². The lowest BCUT2D eigenvalue weighted by Crippen LogP contribution is -1.94. The lowest BCUT2D eigenvalue weighted by Gasteiger charge is -2.02. The van der Waals surface area contributed by atoms with E-state index >= 15 is 0 Å². The second kappa shape index (κ2) is 6.11. The second-order valence-corrected chi connectivity index (χ2v) is 6.53. The molecule has 21 heavy (non-hydrogen) atoms. The molecule has 3 nitrogen and oxygen atoms in total. The number of nitrogens with zero attached hydrogens (tertiary/aromatic N) is 2. The SMILES string of the molecule is O=Cc1cn(-c2ccc(Br)cc2)nc1-c1ccccc1I. The van der Waals surface area contributed by atoms with Crippen LogP contribution in [0.4, 0.5) is 0 Å². The van der Waals surface area contributed by atoms with Crippen LogP contribution in [0.1, 0.15) is 10.4 Å². The van der Waals surface area contributed by atoms with Gasteiger partial charge < -0.3 is 0 Å². The van der Waals surface area contributed by atoms with E-state index in [2.05, 4.69) is 43.6 Å². The van der Waals surface area contributed by atoms with Crippen LogP contribution < -0.4 is 0 Å². The Balaban J connectivity index is 2.13. The first-order valence-electron chi connectivity index (χ1n) is 6.25. The predicted octanol–water partition coefficient (Wildman–Crippen LogP) is 4.72. The van der Waals surface area contributed by atoms with Crippen molar-refractivity contribution in [3.05, 3.63) is 68.3 Å². The van der Waals surface area contributed by atoms with Gasteiger partial charge in [0, 0.05) is 19.8 Å². The summed E-state index contributed by atoms with van der Waals surface area (Å²) in [6.07, 6.45) is 2.61. The van der Waals surface area contributed by atoms with E-state index in [4.69, 9.17) is 0 Å². The molecule has 104 valence electrons. The molecule has 0 radical (unpaired) electrons. The number of carbonyl (C=O) groups is 1. The quantitative estimate of drug-likeness (QED) is 0.425. The summed E-state index contributed by atoms with van der Waals surface area (Å²) < 4.78 is 3.81. The fourth-order valence-electron chi connectivity index (χ4n) is 2.06. The minimum atomic E-state index is 0.585. The van der Waals surface area contributed by atoms with E-state index in [0.717, 1.165) is 25.6 Å². The van der Waals surface area contributed by atoms with Crippen LogP contribution in [0.15, 0.2) is 59.2 Å². The maximum atomic E-state index is 11.3. The summed E-state index contributed by atoms with van der Waals surface area (Å²) >= 11 is 5.66. The summed E-state index contributed by atoms with van der Waals surface area (Å²) in [5.74, 6) is 0. The summed E-state index contributed by atoms with van der Waals surface area (Å²) in [6, 6.07) is 15.7. The number of hydrogen-bond donors (Lipinski definition) is 0. The molecule has 0 aliphatic heterocycles. The highest BCUT2D eigenvalue weighted by Crippen LogP contribution is 2.27. The molecule has 0 fully saturated rings. The van der Waals surface area contributed by atoms with Gasteiger partial charge in [0.2, 0.25) is 0 Å². The highest BCUT2D eigenvalue weighted by atomic mass is 127. The number of halogens is 2. The number of carbonyl (C=O) groups excluding carboxylic acids is 1. The van der Waals surface area contributed by atoms with Crippen LogP contribution in [-0.2, 0) is 0 Å². The number of aldehydes is 1. The van der Waals surface area contributed by atoms with Gasteiger partial charge in [-0.2, -0.15) is 5.10 Å². The summed E-state index contributed by atoms with van der Waals surface area (Å²) in [6.45, 7) is 0. The van der Waals surface area contributed by atoms with Crippen LogP contribution in [0.5, 0.6) is 0 Å². The minimum Gasteiger partial charge on any atom is -0.298 e. The zero-order valence-corrected chi connectivity index (χ0v) is 14.6. The number of rotatable bonds is 3. The predicted molar refractivity (Wildman–Crippen MR) is 94.8 cm³/mol. The molecule has 0 unspecified atom stereocenters. The van der Waals surface area contributed by atoms with Crippen LogP contribution in [-0.4, -0.2) is 16.1 Å². The Morgan fingerprint density at radius 2 is 1.81 bits per heavy atom. The van der Waals surface area contributed by atoms with Gasteiger partial charge in [-0.3, -0.25) is 4.79 Å². The Morgan fingerprint density at radius 1 is 1.10 bits per heavy atom. The van der Waals surface area contributed by atoms with Crippen molar-refractivity contribution in [2.75, 3.05) is 0 Å². The Hall–Kier alpha value is -1.47. The first kappa shape index (κ1) is 14.5. The first-order valence-corrected chi connectivity index (χ1v) is 8.12. The number of hydrogen-bond acceptors (Lipinski definition) is 2. The molecule has 2 aromatic carbocycles. The van der Waals surface area contributed by atoms with Crippen molar-refractivity contribution >= 4 is 44.8 Å². The monoisotopic (exact) mass is 452 g/mol. The van der Waals surface area contributed by atoms with Gasteiger partial charge in [0.05, 0.1) is 11.3 Å². The van der Waals surface area contributed by atoms with Crippen molar-refractivity contribution in [3.8, 4) is 16.9 Å². The third kappa shape index (κ3) is 2.94. The molecule has 0 saturated carbocycles. The molecule has 0 N–H and O–H groups in total. The van der Waals surface area contributed by atoms with E-state index in [1.807, 2.05) is 48.5 Å². The maximum Gasteiger partial charge on any atom is 0.153 e. The molecule has 0 aliphatic rings. The smallest absolute Gasteiger partial charge is 0.153 e. The minimum absolute atomic E-state index is 0.585. The van der Waals surface area contributed by atoms with E-state index in [1.54, 1.807) is 10.9 Å². The summed E-state index contributed by atoms with van der Waals surface area (Å²) in [5.41, 5.74) is 3.18. The average Bonchev–Trinajstić information content (AvgIpc) is 2.92. The van der Waals surface area contributed by atoms with Crippen molar-refractivity contribution < 1.29 is 4.79 Å². The third-order valence-electron chi connectivity index (χ3n) is 3.09. The zero-order valence-electron chi connectivity index (χ0n) is 10.8. The molecule has 1 aromatic heterocycles. The van der Waals surface area contributed by atoms with Gasteiger partial charge in [0.1, 0.15) is 5.69 Å². The highest BCUT2D eigenvalue weighted by molar-refractivity contribution is 14.1. The lowest BCUT2D eigenvalue weighted by atomic mass is 10.1. The molecule has 1 heterocycles. The third-order valence-corrected chi connectivity index (χ3v) is 4.56. The molecule has 0 atom stereocenters. The molecule has 0 bridgehead atoms. The Kier molecular flexibility index (Phi) is 4.21. The zero-order chi connectivity index (χ0) is 14.8. The topological polar surface area (TPSA) is 34.9 Å². The normalized spacial score (nSPS) is 10.6. The largest absolute Gasteiger partial charge is 0.298 e. The molecule has 5 heteroatoms. The highest BCUT2D eigenvalue weighted by Gasteiger charge is 2.13. The molecular formula is C16H10BrIN2O. The van der Waals surface area contributed by atoms with Gasteiger partial charge in [-0.15, -0.1) is 0 Å². The van der Waals surface area contributed by atoms with Crippen molar-refractivity contribution in [3.63, 3.8) is 0 Å². The summed E-state index contributed by atoms with van der Waals surface area (Å²) in [7, 11) is 0. The molecule has 0 aliphatic carbocycles. The van der Waals surface area contributed by atoms with E-state index in [-0.39, 0.29) is 0 Å². The van der Waals surface area contributed by atoms with Crippen LogP contribution in [0.25, 0.3) is 16.9 Å². The van der Waals surface area contributed by atoms with E-state index in [0.29, 0.717) is 11.3 Å². The second-order valence-electron chi connectivity index (χ2n) is 4.45. The molecule has 3 rings (SSSR count). The average molecular weight is 453 g/mol. The van der Waals surface area contributed by atoms with Crippen LogP contribution in [0, 0.1) is 3.57 Å². The fourth-order valence-corrected chi connectivity index (χ4v) is 2.97. The molecule has 0 amide bonds.